The number of nitrogens with one attached hydrogen (secondary N) is 1. The van der Waals surface area contributed by atoms with Gasteiger partial charge in [0.2, 0.25) is 0 Å². The first-order chi connectivity index (χ1) is 7.09. The third-order valence-electron chi connectivity index (χ3n) is 2.29. The Bertz CT molecular complexity index is 416. The van der Waals surface area contributed by atoms with Gasteiger partial charge >= 0.3 is 0 Å². The fourth-order valence-electron chi connectivity index (χ4n) is 1.35. The van der Waals surface area contributed by atoms with Gasteiger partial charge in [-0.25, -0.2) is 5.01 Å². The van der Waals surface area contributed by atoms with Crippen LogP contribution in [-0.2, 0) is 9.59 Å². The molecule has 1 aromatic carbocycles. The molecule has 4 nitrogen and oxygen atoms in total. The van der Waals surface area contributed by atoms with Crippen LogP contribution in [0.4, 0.5) is 5.69 Å². The first-order valence-electron chi connectivity index (χ1n) is 4.49. The van der Waals surface area contributed by atoms with Crippen molar-refractivity contribution in [3.05, 3.63) is 29.3 Å². The molecule has 2 amide bonds. The van der Waals surface area contributed by atoms with E-state index in [2.05, 4.69) is 5.43 Å². The van der Waals surface area contributed by atoms with E-state index in [0.29, 0.717) is 10.7 Å². The number of benzene rings is 1. The van der Waals surface area contributed by atoms with Crippen molar-refractivity contribution in [1.82, 2.24) is 5.43 Å². The van der Waals surface area contributed by atoms with Gasteiger partial charge < -0.3 is 0 Å². The maximum atomic E-state index is 11.6. The van der Waals surface area contributed by atoms with Crippen LogP contribution in [0, 0.1) is 5.92 Å². The van der Waals surface area contributed by atoms with Crippen LogP contribution in [-0.4, -0.2) is 11.8 Å². The van der Waals surface area contributed by atoms with Gasteiger partial charge in [0.1, 0.15) is 5.92 Å². The van der Waals surface area contributed by atoms with Crippen LogP contribution in [0.1, 0.15) is 6.92 Å². The highest BCUT2D eigenvalue weighted by atomic mass is 35.5. The van der Waals surface area contributed by atoms with Gasteiger partial charge in [-0.15, -0.1) is 0 Å². The maximum absolute atomic E-state index is 11.6. The number of carbonyl (C=O) groups excluding carboxylic acids is 2. The minimum absolute atomic E-state index is 0.248. The zero-order valence-corrected chi connectivity index (χ0v) is 8.78. The van der Waals surface area contributed by atoms with Crippen molar-refractivity contribution in [3.63, 3.8) is 0 Å². The second-order valence-corrected chi connectivity index (χ2v) is 3.78. The molecule has 0 saturated carbocycles. The summed E-state index contributed by atoms with van der Waals surface area (Å²) in [7, 11) is 0. The summed E-state index contributed by atoms with van der Waals surface area (Å²) in [6, 6.07) is 6.69. The van der Waals surface area contributed by atoms with Gasteiger partial charge in [0.05, 0.1) is 5.69 Å². The van der Waals surface area contributed by atoms with Crippen molar-refractivity contribution in [2.45, 2.75) is 6.92 Å². The highest BCUT2D eigenvalue weighted by Crippen LogP contribution is 2.21. The van der Waals surface area contributed by atoms with Gasteiger partial charge in [0, 0.05) is 5.02 Å². The molecule has 1 unspecified atom stereocenters. The number of amides is 2. The van der Waals surface area contributed by atoms with Gasteiger partial charge in [0.15, 0.2) is 0 Å². The van der Waals surface area contributed by atoms with Crippen molar-refractivity contribution in [2.24, 2.45) is 5.92 Å². The van der Waals surface area contributed by atoms with E-state index < -0.39 is 5.92 Å². The lowest BCUT2D eigenvalue weighted by Gasteiger charge is -2.14. The average Bonchev–Trinajstić information content (AvgIpc) is 2.47. The lowest BCUT2D eigenvalue weighted by molar-refractivity contribution is -0.126. The molecule has 1 aliphatic heterocycles. The van der Waals surface area contributed by atoms with E-state index in [1.807, 2.05) is 0 Å². The molecule has 1 fully saturated rings. The first kappa shape index (κ1) is 9.98. The van der Waals surface area contributed by atoms with Crippen LogP contribution < -0.4 is 10.4 Å². The molecule has 1 heterocycles. The number of hydrogen-bond donors (Lipinski definition) is 1. The third-order valence-corrected chi connectivity index (χ3v) is 2.54. The Hall–Kier alpha value is -1.55. The van der Waals surface area contributed by atoms with Crippen LogP contribution >= 0.6 is 11.6 Å². The zero-order valence-electron chi connectivity index (χ0n) is 8.03. The fraction of sp³-hybridized carbons (Fsp3) is 0.200. The van der Waals surface area contributed by atoms with E-state index in [1.165, 1.54) is 5.01 Å². The number of rotatable bonds is 1. The van der Waals surface area contributed by atoms with Crippen LogP contribution in [0.2, 0.25) is 5.02 Å². The van der Waals surface area contributed by atoms with E-state index in [1.54, 1.807) is 31.2 Å². The van der Waals surface area contributed by atoms with Gasteiger partial charge in [0.25, 0.3) is 11.8 Å². The summed E-state index contributed by atoms with van der Waals surface area (Å²) in [5.74, 6) is -1.15. The molecular weight excluding hydrogens is 216 g/mol. The van der Waals surface area contributed by atoms with E-state index in [-0.39, 0.29) is 11.8 Å². The molecule has 5 heteroatoms. The summed E-state index contributed by atoms with van der Waals surface area (Å²) in [5, 5.41) is 1.83. The van der Waals surface area contributed by atoms with Crippen LogP contribution in [0.25, 0.3) is 0 Å². The molecule has 1 N–H and O–H groups in total. The molecular formula is C10H9ClN2O2. The van der Waals surface area contributed by atoms with E-state index in [9.17, 15) is 9.59 Å². The third kappa shape index (κ3) is 1.68. The number of anilines is 1. The monoisotopic (exact) mass is 224 g/mol. The van der Waals surface area contributed by atoms with Crippen molar-refractivity contribution in [2.75, 3.05) is 5.01 Å². The molecule has 0 aromatic heterocycles. The molecule has 1 aliphatic rings. The highest BCUT2D eigenvalue weighted by Gasteiger charge is 2.36. The van der Waals surface area contributed by atoms with Gasteiger partial charge in [-0.05, 0) is 31.2 Å². The van der Waals surface area contributed by atoms with Gasteiger partial charge in [-0.1, -0.05) is 11.6 Å². The number of halogens is 1. The van der Waals surface area contributed by atoms with E-state index >= 15 is 0 Å². The molecule has 1 aromatic rings. The minimum Gasteiger partial charge on any atom is -0.272 e. The predicted octanol–water partition coefficient (Wildman–Crippen LogP) is 1.35. The second-order valence-electron chi connectivity index (χ2n) is 3.35. The van der Waals surface area contributed by atoms with Crippen molar-refractivity contribution in [3.8, 4) is 0 Å². The van der Waals surface area contributed by atoms with E-state index in [0.717, 1.165) is 0 Å². The molecule has 0 spiro atoms. The summed E-state index contributed by atoms with van der Waals surface area (Å²) >= 11 is 5.72. The molecule has 0 radical (unpaired) electrons. The van der Waals surface area contributed by atoms with Gasteiger partial charge in [-0.3, -0.25) is 15.0 Å². The van der Waals surface area contributed by atoms with Crippen molar-refractivity contribution in [1.29, 1.82) is 0 Å². The predicted molar refractivity (Wildman–Crippen MR) is 56.2 cm³/mol. The van der Waals surface area contributed by atoms with Crippen LogP contribution in [0.15, 0.2) is 24.3 Å². The molecule has 2 rings (SSSR count). The van der Waals surface area contributed by atoms with E-state index in [4.69, 9.17) is 11.6 Å². The van der Waals surface area contributed by atoms with Crippen LogP contribution in [0.5, 0.6) is 0 Å². The lowest BCUT2D eigenvalue weighted by Crippen LogP contribution is -2.35. The number of carbonyl (C=O) groups is 2. The quantitative estimate of drug-likeness (QED) is 0.733. The Morgan fingerprint density at radius 1 is 1.27 bits per heavy atom. The zero-order chi connectivity index (χ0) is 11.0. The maximum Gasteiger partial charge on any atom is 0.258 e. The Labute approximate surface area is 91.8 Å². The fourth-order valence-corrected chi connectivity index (χ4v) is 1.48. The van der Waals surface area contributed by atoms with Crippen molar-refractivity contribution < 1.29 is 9.59 Å². The number of hydrazine groups is 1. The highest BCUT2D eigenvalue weighted by molar-refractivity contribution is 6.30. The Kier molecular flexibility index (Phi) is 2.36. The standard InChI is InChI=1S/C10H9ClN2O2/c1-6-9(14)12-13(10(6)15)8-4-2-7(11)3-5-8/h2-6H,1H3,(H,12,14). The molecule has 0 aliphatic carbocycles. The molecule has 1 saturated heterocycles. The smallest absolute Gasteiger partial charge is 0.258 e. The Morgan fingerprint density at radius 2 is 1.87 bits per heavy atom. The van der Waals surface area contributed by atoms with Gasteiger partial charge in [-0.2, -0.15) is 0 Å². The first-order valence-corrected chi connectivity index (χ1v) is 4.87. The summed E-state index contributed by atoms with van der Waals surface area (Å²) in [5.41, 5.74) is 3.10. The molecule has 78 valence electrons. The largest absolute Gasteiger partial charge is 0.272 e. The summed E-state index contributed by atoms with van der Waals surface area (Å²) in [6.07, 6.45) is 0. The number of hydrogen-bond acceptors (Lipinski definition) is 2. The average molecular weight is 225 g/mol. The SMILES string of the molecule is CC1C(=O)NN(c2ccc(Cl)cc2)C1=O. The minimum atomic E-state index is -0.624. The Morgan fingerprint density at radius 3 is 2.33 bits per heavy atom. The molecule has 15 heavy (non-hydrogen) atoms. The topological polar surface area (TPSA) is 49.4 Å². The van der Waals surface area contributed by atoms with Crippen LogP contribution in [0.3, 0.4) is 0 Å². The second kappa shape index (κ2) is 3.55. The summed E-state index contributed by atoms with van der Waals surface area (Å²) in [6.45, 7) is 1.58. The summed E-state index contributed by atoms with van der Waals surface area (Å²) < 4.78 is 0. The normalized spacial score (nSPS) is 20.7. The summed E-state index contributed by atoms with van der Waals surface area (Å²) in [4.78, 5) is 22.8. The Balaban J connectivity index is 2.29. The molecule has 1 atom stereocenters. The lowest BCUT2D eigenvalue weighted by atomic mass is 10.2. The number of nitrogens with zero attached hydrogens (tertiary/aromatic N) is 1. The van der Waals surface area contributed by atoms with Crippen molar-refractivity contribution >= 4 is 29.1 Å². The molecule has 0 bridgehead atoms.